The SMILES string of the molecule is CCN(C(=O)C(N)(CC)CC)C1CCCCC1. The number of hydrogen-bond acceptors (Lipinski definition) is 2. The summed E-state index contributed by atoms with van der Waals surface area (Å²) in [4.78, 5) is 14.6. The van der Waals surface area contributed by atoms with E-state index in [9.17, 15) is 4.79 Å². The van der Waals surface area contributed by atoms with Crippen LogP contribution in [0.4, 0.5) is 0 Å². The van der Waals surface area contributed by atoms with Crippen LogP contribution in [0.15, 0.2) is 0 Å². The second kappa shape index (κ2) is 6.39. The summed E-state index contributed by atoms with van der Waals surface area (Å²) in [5, 5.41) is 0. The lowest BCUT2D eigenvalue weighted by Crippen LogP contribution is -2.57. The molecule has 100 valence electrons. The van der Waals surface area contributed by atoms with Crippen LogP contribution in [0.1, 0.15) is 65.7 Å². The number of hydrogen-bond donors (Lipinski definition) is 1. The number of likely N-dealkylation sites (N-methyl/N-ethyl adjacent to an activating group) is 1. The number of nitrogens with zero attached hydrogens (tertiary/aromatic N) is 1. The van der Waals surface area contributed by atoms with Gasteiger partial charge in [-0.1, -0.05) is 33.1 Å². The van der Waals surface area contributed by atoms with Gasteiger partial charge in [0.15, 0.2) is 0 Å². The summed E-state index contributed by atoms with van der Waals surface area (Å²) in [5.41, 5.74) is 5.59. The van der Waals surface area contributed by atoms with Gasteiger partial charge in [-0.25, -0.2) is 0 Å². The summed E-state index contributed by atoms with van der Waals surface area (Å²) in [7, 11) is 0. The molecule has 1 amide bonds. The zero-order valence-electron chi connectivity index (χ0n) is 11.7. The van der Waals surface area contributed by atoms with E-state index < -0.39 is 5.54 Å². The van der Waals surface area contributed by atoms with Crippen molar-refractivity contribution >= 4 is 5.91 Å². The van der Waals surface area contributed by atoms with Gasteiger partial charge in [0.1, 0.15) is 0 Å². The second-order valence-corrected chi connectivity index (χ2v) is 5.25. The quantitative estimate of drug-likeness (QED) is 0.803. The Morgan fingerprint density at radius 2 is 1.71 bits per heavy atom. The van der Waals surface area contributed by atoms with Gasteiger partial charge in [-0.15, -0.1) is 0 Å². The number of amides is 1. The minimum absolute atomic E-state index is 0.164. The van der Waals surface area contributed by atoms with E-state index in [1.54, 1.807) is 0 Å². The molecule has 0 bridgehead atoms. The molecule has 0 heterocycles. The average Bonchev–Trinajstić information content (AvgIpc) is 2.39. The van der Waals surface area contributed by atoms with Gasteiger partial charge in [-0.3, -0.25) is 4.79 Å². The highest BCUT2D eigenvalue weighted by atomic mass is 16.2. The fraction of sp³-hybridized carbons (Fsp3) is 0.929. The highest BCUT2D eigenvalue weighted by molar-refractivity contribution is 5.86. The lowest BCUT2D eigenvalue weighted by Gasteiger charge is -2.39. The zero-order valence-corrected chi connectivity index (χ0v) is 11.7. The molecule has 0 spiro atoms. The first-order chi connectivity index (χ1) is 8.09. The van der Waals surface area contributed by atoms with Crippen molar-refractivity contribution in [2.45, 2.75) is 77.3 Å². The van der Waals surface area contributed by atoms with Gasteiger partial charge < -0.3 is 10.6 Å². The predicted molar refractivity (Wildman–Crippen MR) is 71.8 cm³/mol. The van der Waals surface area contributed by atoms with Crippen molar-refractivity contribution in [2.75, 3.05) is 6.54 Å². The molecule has 0 aromatic carbocycles. The molecule has 3 nitrogen and oxygen atoms in total. The normalized spacial score (nSPS) is 18.1. The third-order valence-electron chi connectivity index (χ3n) is 4.30. The molecule has 0 saturated heterocycles. The van der Waals surface area contributed by atoms with Crippen LogP contribution >= 0.6 is 0 Å². The zero-order chi connectivity index (χ0) is 12.9. The fourth-order valence-electron chi connectivity index (χ4n) is 2.80. The van der Waals surface area contributed by atoms with E-state index in [0.717, 1.165) is 32.2 Å². The molecule has 0 unspecified atom stereocenters. The van der Waals surface area contributed by atoms with Gasteiger partial charge in [0.25, 0.3) is 0 Å². The molecule has 3 heteroatoms. The molecular formula is C14H28N2O. The maximum Gasteiger partial charge on any atom is 0.242 e. The number of carbonyl (C=O) groups excluding carboxylic acids is 1. The van der Waals surface area contributed by atoms with Crippen molar-refractivity contribution in [3.63, 3.8) is 0 Å². The van der Waals surface area contributed by atoms with Crippen molar-refractivity contribution in [3.8, 4) is 0 Å². The van der Waals surface area contributed by atoms with E-state index >= 15 is 0 Å². The molecule has 1 fully saturated rings. The first-order valence-corrected chi connectivity index (χ1v) is 7.19. The Hall–Kier alpha value is -0.570. The Morgan fingerprint density at radius 3 is 2.12 bits per heavy atom. The number of carbonyl (C=O) groups is 1. The smallest absolute Gasteiger partial charge is 0.242 e. The molecule has 1 rings (SSSR count). The Labute approximate surface area is 106 Å². The number of rotatable bonds is 5. The monoisotopic (exact) mass is 240 g/mol. The minimum Gasteiger partial charge on any atom is -0.338 e. The number of nitrogens with two attached hydrogens (primary N) is 1. The van der Waals surface area contributed by atoms with Crippen molar-refractivity contribution < 1.29 is 4.79 Å². The Morgan fingerprint density at radius 1 is 1.18 bits per heavy atom. The Kier molecular flexibility index (Phi) is 5.44. The van der Waals surface area contributed by atoms with Crippen LogP contribution in [0.2, 0.25) is 0 Å². The van der Waals surface area contributed by atoms with E-state index in [1.807, 2.05) is 18.7 Å². The molecule has 0 aromatic rings. The average molecular weight is 240 g/mol. The van der Waals surface area contributed by atoms with Gasteiger partial charge in [-0.05, 0) is 32.6 Å². The largest absolute Gasteiger partial charge is 0.338 e. The van der Waals surface area contributed by atoms with Gasteiger partial charge in [0.05, 0.1) is 5.54 Å². The summed E-state index contributed by atoms with van der Waals surface area (Å²) < 4.78 is 0. The summed E-state index contributed by atoms with van der Waals surface area (Å²) >= 11 is 0. The standard InChI is InChI=1S/C14H28N2O/c1-4-14(15,5-2)13(17)16(6-3)12-10-8-7-9-11-12/h12H,4-11,15H2,1-3H3. The molecule has 0 aliphatic heterocycles. The molecule has 1 aliphatic rings. The lowest BCUT2D eigenvalue weighted by atomic mass is 9.89. The molecule has 0 aromatic heterocycles. The highest BCUT2D eigenvalue weighted by Crippen LogP contribution is 2.25. The predicted octanol–water partition coefficient (Wildman–Crippen LogP) is 2.69. The van der Waals surface area contributed by atoms with E-state index in [4.69, 9.17) is 5.73 Å². The molecule has 2 N–H and O–H groups in total. The molecular weight excluding hydrogens is 212 g/mol. The van der Waals surface area contributed by atoms with Gasteiger partial charge in [0.2, 0.25) is 5.91 Å². The summed E-state index contributed by atoms with van der Waals surface area (Å²) in [6, 6.07) is 0.433. The summed E-state index contributed by atoms with van der Waals surface area (Å²) in [5.74, 6) is 0.164. The van der Waals surface area contributed by atoms with Crippen LogP contribution in [-0.4, -0.2) is 28.9 Å². The van der Waals surface area contributed by atoms with Crippen LogP contribution in [-0.2, 0) is 4.79 Å². The third kappa shape index (κ3) is 3.21. The molecule has 0 radical (unpaired) electrons. The van der Waals surface area contributed by atoms with Gasteiger partial charge in [-0.2, -0.15) is 0 Å². The van der Waals surface area contributed by atoms with Crippen molar-refractivity contribution in [1.82, 2.24) is 4.90 Å². The first kappa shape index (κ1) is 14.5. The lowest BCUT2D eigenvalue weighted by molar-refractivity contribution is -0.140. The van der Waals surface area contributed by atoms with Crippen molar-refractivity contribution in [3.05, 3.63) is 0 Å². The van der Waals surface area contributed by atoms with Crippen molar-refractivity contribution in [2.24, 2.45) is 5.73 Å². The van der Waals surface area contributed by atoms with E-state index in [-0.39, 0.29) is 5.91 Å². The van der Waals surface area contributed by atoms with Crippen molar-refractivity contribution in [1.29, 1.82) is 0 Å². The second-order valence-electron chi connectivity index (χ2n) is 5.25. The molecule has 1 saturated carbocycles. The van der Waals surface area contributed by atoms with E-state index in [2.05, 4.69) is 6.92 Å². The summed E-state index contributed by atoms with van der Waals surface area (Å²) in [6.07, 6.45) is 7.59. The molecule has 0 atom stereocenters. The maximum absolute atomic E-state index is 12.6. The topological polar surface area (TPSA) is 46.3 Å². The Balaban J connectivity index is 2.74. The van der Waals surface area contributed by atoms with Crippen LogP contribution in [0.25, 0.3) is 0 Å². The van der Waals surface area contributed by atoms with Gasteiger partial charge >= 0.3 is 0 Å². The molecule has 17 heavy (non-hydrogen) atoms. The first-order valence-electron chi connectivity index (χ1n) is 7.19. The van der Waals surface area contributed by atoms with Crippen LogP contribution in [0.5, 0.6) is 0 Å². The van der Waals surface area contributed by atoms with Crippen LogP contribution < -0.4 is 5.73 Å². The van der Waals surface area contributed by atoms with E-state index in [0.29, 0.717) is 6.04 Å². The Bertz CT molecular complexity index is 243. The maximum atomic E-state index is 12.6. The van der Waals surface area contributed by atoms with Gasteiger partial charge in [0, 0.05) is 12.6 Å². The molecule has 1 aliphatic carbocycles. The summed E-state index contributed by atoms with van der Waals surface area (Å²) in [6.45, 7) is 6.88. The third-order valence-corrected chi connectivity index (χ3v) is 4.30. The minimum atomic E-state index is -0.645. The van der Waals surface area contributed by atoms with Crippen LogP contribution in [0, 0.1) is 0 Å². The highest BCUT2D eigenvalue weighted by Gasteiger charge is 2.36. The fourth-order valence-corrected chi connectivity index (χ4v) is 2.80. The van der Waals surface area contributed by atoms with Crippen LogP contribution in [0.3, 0.4) is 0 Å². The van der Waals surface area contributed by atoms with E-state index in [1.165, 1.54) is 19.3 Å².